The van der Waals surface area contributed by atoms with Gasteiger partial charge in [0.2, 0.25) is 0 Å². The molecule has 0 bridgehead atoms. The van der Waals surface area contributed by atoms with Crippen LogP contribution < -0.4 is 4.74 Å². The standard InChI is InChI=1S/C24H31NO3/c1-6-15-27-23-14-13-21(17-22(23)16-20-11-9-8-10-12-20)24(26)28-19(5)25(7-2)18(3)4/h6,8-14,17-19H,1,7,15-16H2,2-5H3. The third-order valence-electron chi connectivity index (χ3n) is 4.66. The molecule has 0 saturated heterocycles. The summed E-state index contributed by atoms with van der Waals surface area (Å²) in [6, 6.07) is 15.9. The number of rotatable bonds is 10. The molecule has 0 spiro atoms. The summed E-state index contributed by atoms with van der Waals surface area (Å²) in [7, 11) is 0. The molecule has 0 saturated carbocycles. The molecule has 0 aliphatic rings. The number of nitrogens with zero attached hydrogens (tertiary/aromatic N) is 1. The molecule has 0 heterocycles. The minimum Gasteiger partial charge on any atom is -0.489 e. The number of ether oxygens (including phenoxy) is 2. The minimum absolute atomic E-state index is 0.285. The second-order valence-electron chi connectivity index (χ2n) is 7.01. The summed E-state index contributed by atoms with van der Waals surface area (Å²) in [5, 5.41) is 0. The first-order valence-electron chi connectivity index (χ1n) is 9.83. The summed E-state index contributed by atoms with van der Waals surface area (Å²) in [5.41, 5.74) is 2.64. The fraction of sp³-hybridized carbons (Fsp3) is 0.375. The van der Waals surface area contributed by atoms with E-state index in [0.29, 0.717) is 24.6 Å². The van der Waals surface area contributed by atoms with E-state index in [2.05, 4.69) is 44.4 Å². The fourth-order valence-corrected chi connectivity index (χ4v) is 3.28. The molecule has 0 radical (unpaired) electrons. The van der Waals surface area contributed by atoms with Gasteiger partial charge in [-0.05, 0) is 56.6 Å². The number of carbonyl (C=O) groups excluding carboxylic acids is 1. The van der Waals surface area contributed by atoms with Gasteiger partial charge >= 0.3 is 5.97 Å². The summed E-state index contributed by atoms with van der Waals surface area (Å²) in [6.07, 6.45) is 2.10. The highest BCUT2D eigenvalue weighted by Gasteiger charge is 2.20. The van der Waals surface area contributed by atoms with E-state index >= 15 is 0 Å². The molecule has 150 valence electrons. The summed E-state index contributed by atoms with van der Waals surface area (Å²) in [4.78, 5) is 14.9. The van der Waals surface area contributed by atoms with Crippen LogP contribution in [0.15, 0.2) is 61.2 Å². The van der Waals surface area contributed by atoms with Crippen molar-refractivity contribution in [3.8, 4) is 5.75 Å². The normalized spacial score (nSPS) is 12.1. The van der Waals surface area contributed by atoms with E-state index < -0.39 is 0 Å². The van der Waals surface area contributed by atoms with Crippen molar-refractivity contribution in [2.75, 3.05) is 13.2 Å². The third-order valence-corrected chi connectivity index (χ3v) is 4.66. The average Bonchev–Trinajstić information content (AvgIpc) is 2.68. The van der Waals surface area contributed by atoms with E-state index in [4.69, 9.17) is 9.47 Å². The third kappa shape index (κ3) is 5.96. The zero-order valence-corrected chi connectivity index (χ0v) is 17.4. The van der Waals surface area contributed by atoms with Crippen LogP contribution >= 0.6 is 0 Å². The Labute approximate surface area is 168 Å². The number of esters is 1. The summed E-state index contributed by atoms with van der Waals surface area (Å²) in [6.45, 7) is 13.1. The molecule has 2 aromatic carbocycles. The van der Waals surface area contributed by atoms with Gasteiger partial charge in [-0.1, -0.05) is 49.9 Å². The Balaban J connectivity index is 2.23. The van der Waals surface area contributed by atoms with Crippen molar-refractivity contribution >= 4 is 5.97 Å². The van der Waals surface area contributed by atoms with Crippen molar-refractivity contribution in [3.63, 3.8) is 0 Å². The van der Waals surface area contributed by atoms with Crippen molar-refractivity contribution in [1.82, 2.24) is 4.90 Å². The predicted octanol–water partition coefficient (Wildman–Crippen LogP) is 5.08. The Morgan fingerprint density at radius 2 is 1.86 bits per heavy atom. The molecular weight excluding hydrogens is 350 g/mol. The molecule has 28 heavy (non-hydrogen) atoms. The number of hydrogen-bond acceptors (Lipinski definition) is 4. The summed E-state index contributed by atoms with van der Waals surface area (Å²) >= 11 is 0. The van der Waals surface area contributed by atoms with Crippen molar-refractivity contribution in [2.45, 2.75) is 46.4 Å². The average molecular weight is 382 g/mol. The fourth-order valence-electron chi connectivity index (χ4n) is 3.28. The molecule has 0 fully saturated rings. The van der Waals surface area contributed by atoms with Crippen molar-refractivity contribution < 1.29 is 14.3 Å². The Hall–Kier alpha value is -2.59. The lowest BCUT2D eigenvalue weighted by molar-refractivity contribution is -0.0331. The second kappa shape index (κ2) is 10.7. The van der Waals surface area contributed by atoms with Crippen LogP contribution in [0, 0.1) is 0 Å². The van der Waals surface area contributed by atoms with Gasteiger partial charge in [0.15, 0.2) is 6.23 Å². The smallest absolute Gasteiger partial charge is 0.339 e. The van der Waals surface area contributed by atoms with Crippen molar-refractivity contribution in [3.05, 3.63) is 77.9 Å². The van der Waals surface area contributed by atoms with Crippen LogP contribution in [0.25, 0.3) is 0 Å². The minimum atomic E-state index is -0.323. The van der Waals surface area contributed by atoms with Crippen LogP contribution in [0.1, 0.15) is 49.2 Å². The molecule has 1 unspecified atom stereocenters. The Morgan fingerprint density at radius 3 is 2.46 bits per heavy atom. The Kier molecular flexibility index (Phi) is 8.27. The van der Waals surface area contributed by atoms with Crippen molar-refractivity contribution in [1.29, 1.82) is 0 Å². The lowest BCUT2D eigenvalue weighted by Gasteiger charge is -2.30. The van der Waals surface area contributed by atoms with Gasteiger partial charge in [0.25, 0.3) is 0 Å². The van der Waals surface area contributed by atoms with Gasteiger partial charge in [0.05, 0.1) is 5.56 Å². The highest BCUT2D eigenvalue weighted by Crippen LogP contribution is 2.24. The van der Waals surface area contributed by atoms with Gasteiger partial charge in [0.1, 0.15) is 12.4 Å². The number of benzene rings is 2. The highest BCUT2D eigenvalue weighted by atomic mass is 16.6. The van der Waals surface area contributed by atoms with Crippen LogP contribution in [0.4, 0.5) is 0 Å². The predicted molar refractivity (Wildman–Crippen MR) is 114 cm³/mol. The lowest BCUT2D eigenvalue weighted by Crippen LogP contribution is -2.41. The van der Waals surface area contributed by atoms with Crippen LogP contribution in [-0.2, 0) is 11.2 Å². The first kappa shape index (κ1) is 21.7. The van der Waals surface area contributed by atoms with E-state index in [0.717, 1.165) is 23.4 Å². The van der Waals surface area contributed by atoms with Crippen LogP contribution in [0.2, 0.25) is 0 Å². The van der Waals surface area contributed by atoms with E-state index in [1.54, 1.807) is 12.1 Å². The zero-order chi connectivity index (χ0) is 20.5. The van der Waals surface area contributed by atoms with E-state index in [9.17, 15) is 4.79 Å². The highest BCUT2D eigenvalue weighted by molar-refractivity contribution is 5.90. The molecule has 2 rings (SSSR count). The molecule has 1 atom stereocenters. The maximum Gasteiger partial charge on any atom is 0.339 e. The first-order valence-corrected chi connectivity index (χ1v) is 9.83. The molecule has 0 aromatic heterocycles. The molecule has 2 aromatic rings. The van der Waals surface area contributed by atoms with Crippen LogP contribution in [0.3, 0.4) is 0 Å². The molecule has 0 N–H and O–H groups in total. The molecule has 0 amide bonds. The number of carbonyl (C=O) groups is 1. The van der Waals surface area contributed by atoms with E-state index in [-0.39, 0.29) is 12.2 Å². The van der Waals surface area contributed by atoms with Gasteiger partial charge in [-0.15, -0.1) is 0 Å². The van der Waals surface area contributed by atoms with Gasteiger partial charge < -0.3 is 9.47 Å². The number of hydrogen-bond donors (Lipinski definition) is 0. The van der Waals surface area contributed by atoms with Gasteiger partial charge in [-0.3, -0.25) is 4.90 Å². The maximum atomic E-state index is 12.7. The maximum absolute atomic E-state index is 12.7. The zero-order valence-electron chi connectivity index (χ0n) is 17.4. The molecule has 0 aliphatic heterocycles. The van der Waals surface area contributed by atoms with E-state index in [1.165, 1.54) is 0 Å². The second-order valence-corrected chi connectivity index (χ2v) is 7.01. The first-order chi connectivity index (χ1) is 13.5. The summed E-state index contributed by atoms with van der Waals surface area (Å²) in [5.74, 6) is 0.432. The van der Waals surface area contributed by atoms with E-state index in [1.807, 2.05) is 37.3 Å². The molecule has 0 aliphatic carbocycles. The SMILES string of the molecule is C=CCOc1ccc(C(=O)OC(C)N(CC)C(C)C)cc1Cc1ccccc1. The van der Waals surface area contributed by atoms with Gasteiger partial charge in [-0.25, -0.2) is 4.79 Å². The van der Waals surface area contributed by atoms with Gasteiger partial charge in [0, 0.05) is 12.5 Å². The Morgan fingerprint density at radius 1 is 1.14 bits per heavy atom. The van der Waals surface area contributed by atoms with Gasteiger partial charge in [-0.2, -0.15) is 0 Å². The quantitative estimate of drug-likeness (QED) is 0.327. The molecular formula is C24H31NO3. The largest absolute Gasteiger partial charge is 0.489 e. The lowest BCUT2D eigenvalue weighted by atomic mass is 10.0. The van der Waals surface area contributed by atoms with Crippen LogP contribution in [0.5, 0.6) is 5.75 Å². The van der Waals surface area contributed by atoms with Crippen LogP contribution in [-0.4, -0.2) is 36.3 Å². The molecule has 4 heteroatoms. The summed E-state index contributed by atoms with van der Waals surface area (Å²) < 4.78 is 11.5. The Bertz CT molecular complexity index is 771. The topological polar surface area (TPSA) is 38.8 Å². The van der Waals surface area contributed by atoms with Crippen molar-refractivity contribution in [2.24, 2.45) is 0 Å². The molecule has 4 nitrogen and oxygen atoms in total. The monoisotopic (exact) mass is 381 g/mol.